The van der Waals surface area contributed by atoms with Crippen molar-refractivity contribution in [2.75, 3.05) is 6.61 Å². The van der Waals surface area contributed by atoms with Gasteiger partial charge in [0.25, 0.3) is 0 Å². The molecule has 0 spiro atoms. The summed E-state index contributed by atoms with van der Waals surface area (Å²) in [7, 11) is 0. The van der Waals surface area contributed by atoms with Gasteiger partial charge in [0.2, 0.25) is 6.04 Å². The van der Waals surface area contributed by atoms with Gasteiger partial charge in [0.1, 0.15) is 29.1 Å². The number of hydrogen-bond acceptors (Lipinski definition) is 6. The molecule has 1 aliphatic rings. The van der Waals surface area contributed by atoms with Gasteiger partial charge in [-0.3, -0.25) is 15.0 Å². The fraction of sp³-hybridized carbons (Fsp3) is 0.632. The van der Waals surface area contributed by atoms with Gasteiger partial charge in [0, 0.05) is 17.4 Å². The molecule has 0 aliphatic carbocycles. The highest BCUT2D eigenvalue weighted by Crippen LogP contribution is 2.32. The quantitative estimate of drug-likeness (QED) is 0.585. The lowest BCUT2D eigenvalue weighted by molar-refractivity contribution is -0.535. The number of amides is 1. The van der Waals surface area contributed by atoms with Gasteiger partial charge >= 0.3 is 6.09 Å². The monoisotopic (exact) mass is 416 g/mol. The smallest absolute Gasteiger partial charge is 0.412 e. The van der Waals surface area contributed by atoms with Crippen molar-refractivity contribution in [3.05, 3.63) is 45.5 Å². The highest BCUT2D eigenvalue weighted by atomic mass is 19.1. The summed E-state index contributed by atoms with van der Waals surface area (Å²) >= 11 is 0. The lowest BCUT2D eigenvalue weighted by Gasteiger charge is -2.36. The van der Waals surface area contributed by atoms with Crippen molar-refractivity contribution in [1.29, 1.82) is 0 Å². The Morgan fingerprint density at radius 1 is 1.38 bits per heavy atom. The van der Waals surface area contributed by atoms with Crippen LogP contribution in [0.15, 0.2) is 18.2 Å². The topological polar surface area (TPSA) is 102 Å². The molecule has 0 bridgehead atoms. The zero-order chi connectivity index (χ0) is 22.1. The van der Waals surface area contributed by atoms with Crippen LogP contribution in [0, 0.1) is 21.7 Å². The van der Waals surface area contributed by atoms with Crippen LogP contribution in [0.3, 0.4) is 0 Å². The number of nitrogens with zero attached hydrogens (tertiary/aromatic N) is 2. The van der Waals surface area contributed by atoms with E-state index < -0.39 is 58.6 Å². The molecule has 10 heteroatoms. The first-order valence-corrected chi connectivity index (χ1v) is 9.14. The van der Waals surface area contributed by atoms with Gasteiger partial charge in [-0.05, 0) is 52.3 Å². The highest BCUT2D eigenvalue weighted by molar-refractivity contribution is 5.70. The summed E-state index contributed by atoms with van der Waals surface area (Å²) < 4.78 is 37.8. The fourth-order valence-electron chi connectivity index (χ4n) is 3.30. The number of ether oxygens (including phenoxy) is 2. The van der Waals surface area contributed by atoms with E-state index in [1.54, 1.807) is 34.6 Å². The number of halogens is 2. The van der Waals surface area contributed by atoms with E-state index in [-0.39, 0.29) is 12.2 Å². The summed E-state index contributed by atoms with van der Waals surface area (Å²) in [6.07, 6.45) is -2.88. The van der Waals surface area contributed by atoms with Crippen molar-refractivity contribution in [2.45, 2.75) is 70.6 Å². The van der Waals surface area contributed by atoms with Crippen LogP contribution >= 0.6 is 0 Å². The van der Waals surface area contributed by atoms with Crippen LogP contribution < -0.4 is 0 Å². The normalized spacial score (nSPS) is 21.0. The van der Waals surface area contributed by atoms with Gasteiger partial charge < -0.3 is 14.6 Å². The molecule has 1 aliphatic heterocycles. The maximum Gasteiger partial charge on any atom is 0.412 e. The molecule has 0 saturated carbocycles. The first-order valence-electron chi connectivity index (χ1n) is 9.14. The molecule has 29 heavy (non-hydrogen) atoms. The second-order valence-corrected chi connectivity index (χ2v) is 8.50. The summed E-state index contributed by atoms with van der Waals surface area (Å²) in [5, 5.41) is 22.4. The van der Waals surface area contributed by atoms with E-state index in [2.05, 4.69) is 0 Å². The van der Waals surface area contributed by atoms with Crippen LogP contribution in [0.1, 0.15) is 40.2 Å². The maximum atomic E-state index is 13.4. The Hall–Kier alpha value is -2.33. The molecule has 3 atom stereocenters. The van der Waals surface area contributed by atoms with Crippen molar-refractivity contribution in [3.63, 3.8) is 0 Å². The Morgan fingerprint density at radius 3 is 2.41 bits per heavy atom. The second-order valence-electron chi connectivity index (χ2n) is 8.50. The van der Waals surface area contributed by atoms with Gasteiger partial charge in [0.05, 0.1) is 12.6 Å². The van der Waals surface area contributed by atoms with Crippen molar-refractivity contribution in [1.82, 2.24) is 4.90 Å². The lowest BCUT2D eigenvalue weighted by Crippen LogP contribution is -2.57. The van der Waals surface area contributed by atoms with E-state index >= 15 is 0 Å². The average molecular weight is 416 g/mol. The van der Waals surface area contributed by atoms with E-state index in [0.29, 0.717) is 6.07 Å². The minimum Gasteiger partial charge on any atom is -0.444 e. The summed E-state index contributed by atoms with van der Waals surface area (Å²) in [6, 6.07) is -0.115. The number of carbonyl (C=O) groups is 1. The number of nitro groups is 1. The third-order valence-electron chi connectivity index (χ3n) is 4.54. The predicted molar refractivity (Wildman–Crippen MR) is 98.7 cm³/mol. The van der Waals surface area contributed by atoms with Crippen LogP contribution in [-0.2, 0) is 15.9 Å². The largest absolute Gasteiger partial charge is 0.444 e. The van der Waals surface area contributed by atoms with Crippen LogP contribution in [-0.4, -0.2) is 57.1 Å². The van der Waals surface area contributed by atoms with Gasteiger partial charge in [-0.15, -0.1) is 0 Å². The Balaban J connectivity index is 2.30. The molecule has 1 unspecified atom stereocenters. The van der Waals surface area contributed by atoms with Crippen LogP contribution in [0.2, 0.25) is 0 Å². The third-order valence-corrected chi connectivity index (χ3v) is 4.54. The van der Waals surface area contributed by atoms with E-state index in [9.17, 15) is 28.8 Å². The molecule has 8 nitrogen and oxygen atoms in total. The molecule has 1 fully saturated rings. The van der Waals surface area contributed by atoms with Crippen molar-refractivity contribution < 1.29 is 33.1 Å². The molecule has 1 heterocycles. The Kier molecular flexibility index (Phi) is 6.48. The van der Waals surface area contributed by atoms with Gasteiger partial charge in [-0.2, -0.15) is 0 Å². The van der Waals surface area contributed by atoms with Crippen molar-refractivity contribution in [3.8, 4) is 0 Å². The molecule has 1 aromatic rings. The number of benzene rings is 1. The van der Waals surface area contributed by atoms with Gasteiger partial charge in [-0.25, -0.2) is 13.6 Å². The molecule has 1 aromatic carbocycles. The molecule has 1 saturated heterocycles. The number of aliphatic hydroxyl groups is 1. The SMILES string of the molecule is CC(C)(C)OC(=O)N1C([C@@H](O)[C@H](Cc2cc(F)cc(F)c2)[N+](=O)[O-])COC1(C)C. The average Bonchev–Trinajstić information content (AvgIpc) is 2.84. The van der Waals surface area contributed by atoms with Crippen molar-refractivity contribution >= 4 is 6.09 Å². The molecule has 0 radical (unpaired) electrons. The highest BCUT2D eigenvalue weighted by Gasteiger charge is 2.52. The molecule has 1 amide bonds. The number of rotatable bonds is 5. The summed E-state index contributed by atoms with van der Waals surface area (Å²) in [5.41, 5.74) is -1.97. The predicted octanol–water partition coefficient (Wildman–Crippen LogP) is 2.89. The fourth-order valence-corrected chi connectivity index (χ4v) is 3.30. The third kappa shape index (κ3) is 5.60. The summed E-state index contributed by atoms with van der Waals surface area (Å²) in [5.74, 6) is -1.75. The first-order chi connectivity index (χ1) is 13.2. The molecule has 1 N–H and O–H groups in total. The lowest BCUT2D eigenvalue weighted by atomic mass is 9.96. The van der Waals surface area contributed by atoms with Gasteiger partial charge in [0.15, 0.2) is 0 Å². The molecular formula is C19H26F2N2O6. The summed E-state index contributed by atoms with van der Waals surface area (Å²) in [6.45, 7) is 7.99. The van der Waals surface area contributed by atoms with Crippen LogP contribution in [0.5, 0.6) is 0 Å². The minimum atomic E-state index is -1.66. The van der Waals surface area contributed by atoms with Crippen LogP contribution in [0.4, 0.5) is 13.6 Å². The Morgan fingerprint density at radius 2 is 1.93 bits per heavy atom. The molecule has 162 valence electrons. The number of hydrogen-bond donors (Lipinski definition) is 1. The molecular weight excluding hydrogens is 390 g/mol. The Labute approximate surface area is 167 Å². The van der Waals surface area contributed by atoms with Gasteiger partial charge in [-0.1, -0.05) is 0 Å². The zero-order valence-electron chi connectivity index (χ0n) is 17.0. The van der Waals surface area contributed by atoms with E-state index in [1.807, 2.05) is 0 Å². The standard InChI is InChI=1S/C19H26F2N2O6/c1-18(2,3)29-17(25)22-15(10-28-19(22,4)5)16(24)14(23(26)27)8-11-6-12(20)9-13(21)7-11/h6-7,9,14-16,24H,8,10H2,1-5H3/t14-,15?,16-/m0/s1. The summed E-state index contributed by atoms with van der Waals surface area (Å²) in [4.78, 5) is 24.7. The second kappa shape index (κ2) is 8.19. The van der Waals surface area contributed by atoms with E-state index in [4.69, 9.17) is 9.47 Å². The first kappa shape index (κ1) is 23.0. The maximum absolute atomic E-state index is 13.4. The van der Waals surface area contributed by atoms with E-state index in [1.165, 1.54) is 0 Å². The van der Waals surface area contributed by atoms with Crippen molar-refractivity contribution in [2.24, 2.45) is 0 Å². The molecule has 2 rings (SSSR count). The minimum absolute atomic E-state index is 0.0187. The van der Waals surface area contributed by atoms with Crippen LogP contribution in [0.25, 0.3) is 0 Å². The van der Waals surface area contributed by atoms with E-state index in [0.717, 1.165) is 17.0 Å². The number of carbonyl (C=O) groups excluding carboxylic acids is 1. The Bertz CT molecular complexity index is 760. The number of aliphatic hydroxyl groups excluding tert-OH is 1. The zero-order valence-corrected chi connectivity index (χ0v) is 17.0. The molecule has 0 aromatic heterocycles.